The third kappa shape index (κ3) is 4.09. The Bertz CT molecular complexity index is 1080. The van der Waals surface area contributed by atoms with Crippen LogP contribution in [0.15, 0.2) is 48.4 Å². The Morgan fingerprint density at radius 1 is 1.36 bits per heavy atom. The monoisotopic (exact) mass is 343 g/mol. The van der Waals surface area contributed by atoms with Crippen LogP contribution in [-0.4, -0.2) is 36.6 Å². The second-order valence-electron chi connectivity index (χ2n) is 5.99. The standard InChI is InChI=1S/C21H23NO3/c1-22(2)11-5-8-18-17-7-4-3-6-16(17)14-25-20-10-9-15(12-19(18)20)13-21(23)24/h3-4,6-10,12H,5,11,13-14H2,1-2H3,(H,23,24)/b18-8+/i3D,4D,6D,7D,13D2. The number of carbonyl (C=O) groups is 1. The number of hydrogen-bond donors (Lipinski definition) is 1. The Morgan fingerprint density at radius 3 is 2.92 bits per heavy atom. The van der Waals surface area contributed by atoms with Crippen molar-refractivity contribution in [3.05, 3.63) is 70.7 Å². The molecule has 0 saturated carbocycles. The summed E-state index contributed by atoms with van der Waals surface area (Å²) in [6.45, 7) is 0.589. The van der Waals surface area contributed by atoms with Crippen LogP contribution in [0.1, 0.15) is 36.9 Å². The van der Waals surface area contributed by atoms with Crippen LogP contribution in [0.2, 0.25) is 0 Å². The average Bonchev–Trinajstić information content (AvgIpc) is 2.87. The van der Waals surface area contributed by atoms with E-state index in [4.69, 9.17) is 13.0 Å². The van der Waals surface area contributed by atoms with Crippen LogP contribution in [0.25, 0.3) is 5.57 Å². The fourth-order valence-corrected chi connectivity index (χ4v) is 2.71. The number of hydrogen-bond acceptors (Lipinski definition) is 3. The summed E-state index contributed by atoms with van der Waals surface area (Å²) in [4.78, 5) is 13.4. The fraction of sp³-hybridized carbons (Fsp3) is 0.286. The maximum atomic E-state index is 11.4. The minimum Gasteiger partial charge on any atom is -0.488 e. The fourth-order valence-electron chi connectivity index (χ4n) is 2.71. The Hall–Kier alpha value is -2.59. The molecule has 1 N–H and O–H groups in total. The lowest BCUT2D eigenvalue weighted by Gasteiger charge is -2.13. The summed E-state index contributed by atoms with van der Waals surface area (Å²) >= 11 is 0. The Balaban J connectivity index is 2.31. The van der Waals surface area contributed by atoms with E-state index in [1.807, 2.05) is 25.1 Å². The van der Waals surface area contributed by atoms with Crippen molar-refractivity contribution in [3.8, 4) is 5.75 Å². The molecule has 0 saturated heterocycles. The maximum absolute atomic E-state index is 11.4. The van der Waals surface area contributed by atoms with Gasteiger partial charge in [-0.1, -0.05) is 36.3 Å². The molecule has 0 atom stereocenters. The number of benzene rings is 2. The molecule has 2 aromatic rings. The SMILES string of the molecule is [2H]c1c([2H])c([2H])c2c(c1[2H])COc1ccc(C([2H])([2H])C(=O)O)cc1/C2=C/CCN(C)C. The first-order valence-corrected chi connectivity index (χ1v) is 7.92. The molecule has 0 aromatic heterocycles. The molecule has 0 radical (unpaired) electrons. The molecule has 4 nitrogen and oxygen atoms in total. The van der Waals surface area contributed by atoms with Gasteiger partial charge in [0.15, 0.2) is 0 Å². The van der Waals surface area contributed by atoms with Crippen LogP contribution >= 0.6 is 0 Å². The number of carboxylic acid groups (broad SMARTS) is 1. The van der Waals surface area contributed by atoms with Gasteiger partial charge in [0, 0.05) is 14.8 Å². The van der Waals surface area contributed by atoms with Gasteiger partial charge in [-0.05, 0) is 54.9 Å². The lowest BCUT2D eigenvalue weighted by Crippen LogP contribution is -2.12. The van der Waals surface area contributed by atoms with E-state index in [1.54, 1.807) is 0 Å². The van der Waals surface area contributed by atoms with Crippen molar-refractivity contribution in [3.63, 3.8) is 0 Å². The minimum atomic E-state index is -2.63. The largest absolute Gasteiger partial charge is 0.488 e. The number of fused-ring (bicyclic) bond motifs is 2. The first kappa shape index (κ1) is 11.1. The number of ether oxygens (including phenoxy) is 1. The molecular formula is C21H23NO3. The zero-order valence-electron chi connectivity index (χ0n) is 20.1. The molecule has 0 bridgehead atoms. The zero-order valence-corrected chi connectivity index (χ0v) is 14.1. The van der Waals surface area contributed by atoms with Crippen LogP contribution < -0.4 is 4.74 Å². The van der Waals surface area contributed by atoms with Crippen molar-refractivity contribution in [2.24, 2.45) is 0 Å². The van der Waals surface area contributed by atoms with Gasteiger partial charge in [0.05, 0.1) is 11.9 Å². The molecule has 2 aromatic carbocycles. The molecule has 1 heterocycles. The van der Waals surface area contributed by atoms with Gasteiger partial charge >= 0.3 is 5.97 Å². The van der Waals surface area contributed by atoms with Gasteiger partial charge in [-0.15, -0.1) is 0 Å². The first-order chi connectivity index (χ1) is 14.5. The number of nitrogens with zero attached hydrogens (tertiary/aromatic N) is 1. The van der Waals surface area contributed by atoms with E-state index in [2.05, 4.69) is 0 Å². The highest BCUT2D eigenvalue weighted by Gasteiger charge is 2.19. The van der Waals surface area contributed by atoms with Crippen molar-refractivity contribution in [1.29, 1.82) is 0 Å². The third-order valence-corrected chi connectivity index (χ3v) is 3.85. The molecular weight excluding hydrogens is 314 g/mol. The highest BCUT2D eigenvalue weighted by Crippen LogP contribution is 2.37. The molecule has 4 heteroatoms. The van der Waals surface area contributed by atoms with Crippen molar-refractivity contribution in [1.82, 2.24) is 4.90 Å². The van der Waals surface area contributed by atoms with Gasteiger partial charge in [-0.2, -0.15) is 0 Å². The van der Waals surface area contributed by atoms with Crippen molar-refractivity contribution in [2.75, 3.05) is 20.6 Å². The maximum Gasteiger partial charge on any atom is 0.307 e. The van der Waals surface area contributed by atoms with Crippen molar-refractivity contribution in [2.45, 2.75) is 19.4 Å². The van der Waals surface area contributed by atoms with Crippen LogP contribution in [0.4, 0.5) is 0 Å². The number of rotatable bonds is 5. The zero-order chi connectivity index (χ0) is 23.1. The summed E-state index contributed by atoms with van der Waals surface area (Å²) < 4.78 is 54.5. The van der Waals surface area contributed by atoms with E-state index >= 15 is 0 Å². The summed E-state index contributed by atoms with van der Waals surface area (Å²) in [6, 6.07) is 3.08. The third-order valence-electron chi connectivity index (χ3n) is 3.85. The first-order valence-electron chi connectivity index (χ1n) is 10.9. The van der Waals surface area contributed by atoms with Crippen LogP contribution in [0.3, 0.4) is 0 Å². The molecule has 130 valence electrons. The van der Waals surface area contributed by atoms with Crippen molar-refractivity contribution >= 4 is 11.5 Å². The molecule has 0 amide bonds. The van der Waals surface area contributed by atoms with Gasteiger partial charge in [-0.3, -0.25) is 4.79 Å². The van der Waals surface area contributed by atoms with E-state index < -0.39 is 12.3 Å². The summed E-state index contributed by atoms with van der Waals surface area (Å²) in [5.41, 5.74) is 1.38. The molecule has 0 fully saturated rings. The van der Waals surface area contributed by atoms with E-state index in [-0.39, 0.29) is 41.9 Å². The van der Waals surface area contributed by atoms with Crippen molar-refractivity contribution < 1.29 is 22.9 Å². The van der Waals surface area contributed by atoms with Gasteiger partial charge in [0.1, 0.15) is 12.4 Å². The second-order valence-corrected chi connectivity index (χ2v) is 5.99. The highest BCUT2D eigenvalue weighted by atomic mass is 16.5. The average molecular weight is 343 g/mol. The molecule has 3 rings (SSSR count). The Morgan fingerprint density at radius 2 is 2.16 bits per heavy atom. The Kier molecular flexibility index (Phi) is 3.35. The summed E-state index contributed by atoms with van der Waals surface area (Å²) in [6.07, 6.45) is -0.248. The summed E-state index contributed by atoms with van der Waals surface area (Å²) in [5, 5.41) is 9.30. The van der Waals surface area contributed by atoms with Gasteiger partial charge in [0.2, 0.25) is 0 Å². The second kappa shape index (κ2) is 7.53. The van der Waals surface area contributed by atoms with Gasteiger partial charge < -0.3 is 14.7 Å². The number of carboxylic acids is 1. The lowest BCUT2D eigenvalue weighted by atomic mass is 9.92. The topological polar surface area (TPSA) is 49.8 Å². The Labute approximate surface area is 156 Å². The minimum absolute atomic E-state index is 0.0786. The molecule has 25 heavy (non-hydrogen) atoms. The number of aliphatic carboxylic acids is 1. The predicted molar refractivity (Wildman–Crippen MR) is 98.8 cm³/mol. The lowest BCUT2D eigenvalue weighted by molar-refractivity contribution is -0.136. The molecule has 1 aliphatic heterocycles. The molecule has 0 unspecified atom stereocenters. The quantitative estimate of drug-likeness (QED) is 0.901. The predicted octanol–water partition coefficient (Wildman–Crippen LogP) is 3.59. The van der Waals surface area contributed by atoms with Crippen LogP contribution in [0.5, 0.6) is 5.75 Å². The van der Waals surface area contributed by atoms with Gasteiger partial charge in [0.25, 0.3) is 0 Å². The van der Waals surface area contributed by atoms with E-state index in [0.717, 1.165) is 0 Å². The summed E-state index contributed by atoms with van der Waals surface area (Å²) in [5.74, 6) is -1.27. The van der Waals surface area contributed by atoms with Crippen LogP contribution in [-0.2, 0) is 17.8 Å². The smallest absolute Gasteiger partial charge is 0.307 e. The van der Waals surface area contributed by atoms with Gasteiger partial charge in [-0.25, -0.2) is 0 Å². The van der Waals surface area contributed by atoms with E-state index in [1.165, 1.54) is 18.2 Å². The van der Waals surface area contributed by atoms with E-state index in [9.17, 15) is 9.90 Å². The summed E-state index contributed by atoms with van der Waals surface area (Å²) in [7, 11) is 3.81. The van der Waals surface area contributed by atoms with Crippen LogP contribution in [0, 0.1) is 0 Å². The van der Waals surface area contributed by atoms with E-state index in [0.29, 0.717) is 35.4 Å². The molecule has 0 aliphatic carbocycles. The molecule has 0 spiro atoms. The molecule has 1 aliphatic rings. The normalized spacial score (nSPS) is 18.6. The highest BCUT2D eigenvalue weighted by molar-refractivity contribution is 5.85.